The van der Waals surface area contributed by atoms with Crippen molar-refractivity contribution in [2.75, 3.05) is 26.2 Å². The number of hydrogen-bond donors (Lipinski definition) is 1. The lowest BCUT2D eigenvalue weighted by atomic mass is 10.1. The normalized spacial score (nSPS) is 21.3. The van der Waals surface area contributed by atoms with Crippen LogP contribution in [0, 0.1) is 6.92 Å². The molecule has 7 nitrogen and oxygen atoms in total. The summed E-state index contributed by atoms with van der Waals surface area (Å²) in [6.07, 6.45) is 5.92. The first-order valence-corrected chi connectivity index (χ1v) is 11.8. The lowest BCUT2D eigenvalue weighted by Crippen LogP contribution is -2.32. The number of benzene rings is 1. The van der Waals surface area contributed by atoms with Crippen LogP contribution in [0.2, 0.25) is 0 Å². The van der Waals surface area contributed by atoms with Gasteiger partial charge in [0.15, 0.2) is 5.76 Å². The number of nitrogens with one attached hydrogen (secondary N) is 1. The predicted molar refractivity (Wildman–Crippen MR) is 109 cm³/mol. The lowest BCUT2D eigenvalue weighted by molar-refractivity contribution is 0.0836. The summed E-state index contributed by atoms with van der Waals surface area (Å²) in [6, 6.07) is 4.84. The summed E-state index contributed by atoms with van der Waals surface area (Å²) >= 11 is 0. The fraction of sp³-hybridized carbons (Fsp3) is 0.571. The minimum Gasteiger partial charge on any atom is -0.451 e. The van der Waals surface area contributed by atoms with Crippen molar-refractivity contribution < 1.29 is 22.4 Å². The van der Waals surface area contributed by atoms with Crippen LogP contribution in [0.1, 0.15) is 54.6 Å². The zero-order chi connectivity index (χ0) is 20.4. The van der Waals surface area contributed by atoms with Crippen molar-refractivity contribution in [2.45, 2.75) is 56.4 Å². The molecule has 3 heterocycles. The van der Waals surface area contributed by atoms with E-state index in [-0.39, 0.29) is 22.7 Å². The number of furan rings is 1. The van der Waals surface area contributed by atoms with Gasteiger partial charge in [0.05, 0.1) is 11.0 Å². The number of fused-ring (bicyclic) bond motifs is 1. The van der Waals surface area contributed by atoms with Crippen LogP contribution in [0.4, 0.5) is 0 Å². The monoisotopic (exact) mass is 420 g/mol. The molecular formula is C21H28N2O5S. The molecule has 29 heavy (non-hydrogen) atoms. The van der Waals surface area contributed by atoms with Gasteiger partial charge in [0.1, 0.15) is 5.58 Å². The Morgan fingerprint density at radius 2 is 1.93 bits per heavy atom. The third kappa shape index (κ3) is 4.20. The molecule has 2 aliphatic rings. The molecule has 2 saturated heterocycles. The quantitative estimate of drug-likeness (QED) is 0.802. The highest BCUT2D eigenvalue weighted by Gasteiger charge is 2.27. The molecule has 158 valence electrons. The van der Waals surface area contributed by atoms with E-state index in [1.165, 1.54) is 0 Å². The van der Waals surface area contributed by atoms with E-state index >= 15 is 0 Å². The molecule has 0 aliphatic carbocycles. The second-order valence-electron chi connectivity index (χ2n) is 7.88. The molecule has 2 fully saturated rings. The average molecular weight is 421 g/mol. The van der Waals surface area contributed by atoms with Crippen molar-refractivity contribution >= 4 is 26.9 Å². The summed E-state index contributed by atoms with van der Waals surface area (Å²) in [4.78, 5) is 12.8. The Balaban J connectivity index is 1.57. The third-order valence-corrected chi connectivity index (χ3v) is 7.73. The Morgan fingerprint density at radius 3 is 2.62 bits per heavy atom. The minimum absolute atomic E-state index is 0.0500. The number of ether oxygens (including phenoxy) is 1. The van der Waals surface area contributed by atoms with Gasteiger partial charge in [-0.3, -0.25) is 4.79 Å². The highest BCUT2D eigenvalue weighted by Crippen LogP contribution is 2.29. The van der Waals surface area contributed by atoms with E-state index in [9.17, 15) is 13.2 Å². The van der Waals surface area contributed by atoms with E-state index < -0.39 is 10.0 Å². The largest absolute Gasteiger partial charge is 0.451 e. The Labute approximate surface area is 171 Å². The van der Waals surface area contributed by atoms with Gasteiger partial charge in [0.25, 0.3) is 5.91 Å². The molecular weight excluding hydrogens is 392 g/mol. The minimum atomic E-state index is -3.55. The smallest absolute Gasteiger partial charge is 0.287 e. The first-order chi connectivity index (χ1) is 14.0. The standard InChI is InChI=1S/C21H28N2O5S/c1-15-18-13-17(29(25,26)23-10-4-2-3-5-11-23)8-9-19(18)28-20(15)21(24)22-14-16-7-6-12-27-16/h8-9,13,16H,2-7,10-12,14H2,1H3,(H,22,24)/t16-/m0/s1. The van der Waals surface area contributed by atoms with Crippen molar-refractivity contribution in [2.24, 2.45) is 0 Å². The van der Waals surface area contributed by atoms with Crippen LogP contribution >= 0.6 is 0 Å². The molecule has 0 bridgehead atoms. The van der Waals surface area contributed by atoms with Crippen molar-refractivity contribution in [1.82, 2.24) is 9.62 Å². The first kappa shape index (κ1) is 20.4. The molecule has 1 amide bonds. The van der Waals surface area contributed by atoms with Crippen molar-refractivity contribution in [3.8, 4) is 0 Å². The van der Waals surface area contributed by atoms with E-state index in [0.29, 0.717) is 36.2 Å². The van der Waals surface area contributed by atoms with Crippen LogP contribution in [0.3, 0.4) is 0 Å². The summed E-state index contributed by atoms with van der Waals surface area (Å²) in [7, 11) is -3.55. The zero-order valence-electron chi connectivity index (χ0n) is 16.8. The summed E-state index contributed by atoms with van der Waals surface area (Å²) in [6.45, 7) is 4.08. The molecule has 2 aromatic rings. The Hall–Kier alpha value is -1.90. The highest BCUT2D eigenvalue weighted by atomic mass is 32.2. The number of nitrogens with zero attached hydrogens (tertiary/aromatic N) is 1. The van der Waals surface area contributed by atoms with Gasteiger partial charge in [0.2, 0.25) is 10.0 Å². The van der Waals surface area contributed by atoms with Gasteiger partial charge in [-0.1, -0.05) is 12.8 Å². The molecule has 0 radical (unpaired) electrons. The fourth-order valence-electron chi connectivity index (χ4n) is 4.10. The SMILES string of the molecule is Cc1c(C(=O)NC[C@@H]2CCCO2)oc2ccc(S(=O)(=O)N3CCCCCC3)cc12. The first-order valence-electron chi connectivity index (χ1n) is 10.4. The van der Waals surface area contributed by atoms with Crippen LogP contribution in [0.5, 0.6) is 0 Å². The van der Waals surface area contributed by atoms with Gasteiger partial charge < -0.3 is 14.5 Å². The number of aryl methyl sites for hydroxylation is 1. The predicted octanol–water partition coefficient (Wildman–Crippen LogP) is 3.21. The number of amides is 1. The molecule has 0 saturated carbocycles. The van der Waals surface area contributed by atoms with Crippen LogP contribution in [-0.4, -0.2) is 51.0 Å². The van der Waals surface area contributed by atoms with E-state index in [0.717, 1.165) is 45.1 Å². The maximum Gasteiger partial charge on any atom is 0.287 e. The second-order valence-corrected chi connectivity index (χ2v) is 9.82. The van der Waals surface area contributed by atoms with Crippen molar-refractivity contribution in [3.05, 3.63) is 29.5 Å². The summed E-state index contributed by atoms with van der Waals surface area (Å²) in [5, 5.41) is 3.52. The van der Waals surface area contributed by atoms with Gasteiger partial charge >= 0.3 is 0 Å². The van der Waals surface area contributed by atoms with Gasteiger partial charge in [-0.05, 0) is 50.8 Å². The zero-order valence-corrected chi connectivity index (χ0v) is 17.6. The van der Waals surface area contributed by atoms with Crippen LogP contribution < -0.4 is 5.32 Å². The number of carbonyl (C=O) groups is 1. The molecule has 2 aliphatic heterocycles. The number of rotatable bonds is 5. The number of hydrogen-bond acceptors (Lipinski definition) is 5. The van der Waals surface area contributed by atoms with Crippen molar-refractivity contribution in [1.29, 1.82) is 0 Å². The van der Waals surface area contributed by atoms with Gasteiger partial charge in [0, 0.05) is 37.2 Å². The Bertz CT molecular complexity index is 984. The molecule has 4 rings (SSSR count). The van der Waals surface area contributed by atoms with Crippen LogP contribution in [0.25, 0.3) is 11.0 Å². The molecule has 1 atom stereocenters. The molecule has 0 spiro atoms. The van der Waals surface area contributed by atoms with Gasteiger partial charge in [-0.2, -0.15) is 4.31 Å². The maximum absolute atomic E-state index is 13.1. The van der Waals surface area contributed by atoms with Crippen molar-refractivity contribution in [3.63, 3.8) is 0 Å². The van der Waals surface area contributed by atoms with E-state index in [1.807, 2.05) is 0 Å². The maximum atomic E-state index is 13.1. The highest BCUT2D eigenvalue weighted by molar-refractivity contribution is 7.89. The molecule has 0 unspecified atom stereocenters. The summed E-state index contributed by atoms with van der Waals surface area (Å²) < 4.78 is 39.0. The van der Waals surface area contributed by atoms with E-state index in [1.54, 1.807) is 29.4 Å². The molecule has 8 heteroatoms. The number of carbonyl (C=O) groups excluding carboxylic acids is 1. The topological polar surface area (TPSA) is 88.8 Å². The molecule has 1 aromatic heterocycles. The fourth-order valence-corrected chi connectivity index (χ4v) is 5.64. The van der Waals surface area contributed by atoms with Gasteiger partial charge in [-0.15, -0.1) is 0 Å². The summed E-state index contributed by atoms with van der Waals surface area (Å²) in [5.74, 6) is -0.0755. The third-order valence-electron chi connectivity index (χ3n) is 5.83. The summed E-state index contributed by atoms with van der Waals surface area (Å²) in [5.41, 5.74) is 1.16. The second kappa shape index (κ2) is 8.45. The van der Waals surface area contributed by atoms with Crippen LogP contribution in [0.15, 0.2) is 27.5 Å². The van der Waals surface area contributed by atoms with E-state index in [2.05, 4.69) is 5.32 Å². The average Bonchev–Trinajstić information content (AvgIpc) is 3.24. The number of sulfonamides is 1. The lowest BCUT2D eigenvalue weighted by Gasteiger charge is -2.19. The Kier molecular flexibility index (Phi) is 5.94. The molecule has 1 N–H and O–H groups in total. The van der Waals surface area contributed by atoms with Crippen LogP contribution in [-0.2, 0) is 14.8 Å². The Morgan fingerprint density at radius 1 is 1.17 bits per heavy atom. The van der Waals surface area contributed by atoms with Gasteiger partial charge in [-0.25, -0.2) is 8.42 Å². The molecule has 1 aromatic carbocycles. The van der Waals surface area contributed by atoms with E-state index in [4.69, 9.17) is 9.15 Å².